The predicted molar refractivity (Wildman–Crippen MR) is 88.4 cm³/mol. The van der Waals surface area contributed by atoms with Crippen LogP contribution in [-0.4, -0.2) is 0 Å². The van der Waals surface area contributed by atoms with Gasteiger partial charge in [-0.05, 0) is 47.6 Å². The van der Waals surface area contributed by atoms with Crippen molar-refractivity contribution in [1.82, 2.24) is 0 Å². The van der Waals surface area contributed by atoms with Crippen LogP contribution in [0.3, 0.4) is 0 Å². The first-order valence-electron chi connectivity index (χ1n) is 7.48. The van der Waals surface area contributed by atoms with Crippen molar-refractivity contribution in [2.75, 3.05) is 0 Å². The maximum atomic E-state index is 12.6. The molecule has 0 aliphatic heterocycles. The van der Waals surface area contributed by atoms with Gasteiger partial charge in [0.2, 0.25) is 0 Å². The molecular formula is C18H19ClF3N. The minimum atomic E-state index is -4.29. The van der Waals surface area contributed by atoms with E-state index in [9.17, 15) is 13.2 Å². The van der Waals surface area contributed by atoms with E-state index < -0.39 is 11.7 Å². The van der Waals surface area contributed by atoms with Crippen LogP contribution in [0.1, 0.15) is 36.4 Å². The molecule has 3 rings (SSSR count). The van der Waals surface area contributed by atoms with E-state index in [1.54, 1.807) is 0 Å². The van der Waals surface area contributed by atoms with Gasteiger partial charge in [0.05, 0.1) is 5.56 Å². The Bertz CT molecular complexity index is 631. The highest BCUT2D eigenvalue weighted by atomic mass is 35.5. The largest absolute Gasteiger partial charge is 0.416 e. The Kier molecular flexibility index (Phi) is 5.37. The number of benzene rings is 2. The summed E-state index contributed by atoms with van der Waals surface area (Å²) in [5.74, 6) is 0.567. The number of nitrogens with two attached hydrogens (primary N) is 1. The van der Waals surface area contributed by atoms with E-state index in [-0.39, 0.29) is 18.4 Å². The van der Waals surface area contributed by atoms with Crippen LogP contribution >= 0.6 is 12.4 Å². The van der Waals surface area contributed by atoms with Gasteiger partial charge in [-0.2, -0.15) is 13.2 Å². The number of halogens is 4. The summed E-state index contributed by atoms with van der Waals surface area (Å²) in [4.78, 5) is 0. The third-order valence-electron chi connectivity index (χ3n) is 4.50. The Labute approximate surface area is 140 Å². The van der Waals surface area contributed by atoms with E-state index in [2.05, 4.69) is 0 Å². The molecule has 1 saturated carbocycles. The van der Waals surface area contributed by atoms with Gasteiger partial charge in [-0.3, -0.25) is 0 Å². The summed E-state index contributed by atoms with van der Waals surface area (Å²) in [5, 5.41) is 0. The van der Waals surface area contributed by atoms with Crippen LogP contribution in [0.25, 0.3) is 11.1 Å². The minimum Gasteiger partial charge on any atom is -0.324 e. The molecule has 0 radical (unpaired) electrons. The summed E-state index contributed by atoms with van der Waals surface area (Å²) in [6, 6.07) is 13.1. The Hall–Kier alpha value is -1.52. The Morgan fingerprint density at radius 1 is 0.870 bits per heavy atom. The van der Waals surface area contributed by atoms with Crippen molar-refractivity contribution < 1.29 is 13.2 Å². The lowest BCUT2D eigenvalue weighted by molar-refractivity contribution is -0.137. The second kappa shape index (κ2) is 6.93. The fourth-order valence-electron chi connectivity index (χ4n) is 2.82. The molecule has 1 aliphatic rings. The zero-order valence-electron chi connectivity index (χ0n) is 12.5. The van der Waals surface area contributed by atoms with Crippen molar-refractivity contribution in [3.8, 4) is 11.1 Å². The van der Waals surface area contributed by atoms with Crippen LogP contribution in [0.2, 0.25) is 0 Å². The summed E-state index contributed by atoms with van der Waals surface area (Å²) in [7, 11) is 0. The second-order valence-corrected chi connectivity index (χ2v) is 5.91. The fraction of sp³-hybridized carbons (Fsp3) is 0.333. The van der Waals surface area contributed by atoms with Crippen molar-refractivity contribution in [3.63, 3.8) is 0 Å². The maximum Gasteiger partial charge on any atom is 0.416 e. The SMILES string of the molecule is Cl.N[C@@H](c1ccc(-c2ccc(C(F)(F)F)cc2)cc1)C1CCC1. The maximum absolute atomic E-state index is 12.6. The summed E-state index contributed by atoms with van der Waals surface area (Å²) < 4.78 is 37.7. The number of alkyl halides is 3. The van der Waals surface area contributed by atoms with Gasteiger partial charge in [0, 0.05) is 6.04 Å². The normalized spacial score (nSPS) is 16.3. The van der Waals surface area contributed by atoms with Crippen molar-refractivity contribution in [1.29, 1.82) is 0 Å². The summed E-state index contributed by atoms with van der Waals surface area (Å²) in [6.07, 6.45) is -0.677. The smallest absolute Gasteiger partial charge is 0.324 e. The van der Waals surface area contributed by atoms with Gasteiger partial charge in [-0.25, -0.2) is 0 Å². The van der Waals surface area contributed by atoms with E-state index >= 15 is 0 Å². The van der Waals surface area contributed by atoms with Crippen molar-refractivity contribution in [2.45, 2.75) is 31.5 Å². The van der Waals surface area contributed by atoms with Gasteiger partial charge >= 0.3 is 6.18 Å². The van der Waals surface area contributed by atoms with Crippen molar-refractivity contribution >= 4 is 12.4 Å². The molecule has 5 heteroatoms. The molecule has 0 amide bonds. The van der Waals surface area contributed by atoms with Gasteiger partial charge in [-0.1, -0.05) is 42.8 Å². The number of hydrogen-bond acceptors (Lipinski definition) is 1. The molecule has 1 nitrogen and oxygen atoms in total. The molecular weight excluding hydrogens is 323 g/mol. The molecule has 0 saturated heterocycles. The molecule has 1 aliphatic carbocycles. The molecule has 0 aromatic heterocycles. The number of rotatable bonds is 3. The number of hydrogen-bond donors (Lipinski definition) is 1. The third kappa shape index (κ3) is 3.88. The van der Waals surface area contributed by atoms with Gasteiger partial charge < -0.3 is 5.73 Å². The standard InChI is InChI=1S/C18H18F3N.ClH/c19-18(20,21)16-10-8-13(9-11-16)12-4-6-15(7-5-12)17(22)14-2-1-3-14;/h4-11,14,17H,1-3,22H2;1H/t17-;/m1./s1. The van der Waals surface area contributed by atoms with E-state index in [0.717, 1.165) is 28.8 Å². The Morgan fingerprint density at radius 2 is 1.35 bits per heavy atom. The first-order valence-corrected chi connectivity index (χ1v) is 7.48. The molecule has 1 atom stereocenters. The zero-order valence-corrected chi connectivity index (χ0v) is 13.3. The van der Waals surface area contributed by atoms with Gasteiger partial charge in [0.25, 0.3) is 0 Å². The third-order valence-corrected chi connectivity index (χ3v) is 4.50. The van der Waals surface area contributed by atoms with Crippen LogP contribution in [0.4, 0.5) is 13.2 Å². The quantitative estimate of drug-likeness (QED) is 0.773. The van der Waals surface area contributed by atoms with E-state index in [1.807, 2.05) is 24.3 Å². The van der Waals surface area contributed by atoms with Gasteiger partial charge in [0.1, 0.15) is 0 Å². The van der Waals surface area contributed by atoms with Gasteiger partial charge in [0.15, 0.2) is 0 Å². The molecule has 0 heterocycles. The topological polar surface area (TPSA) is 26.0 Å². The van der Waals surface area contributed by atoms with Crippen LogP contribution in [0.5, 0.6) is 0 Å². The van der Waals surface area contributed by atoms with E-state index in [1.165, 1.54) is 31.4 Å². The average molecular weight is 342 g/mol. The highest BCUT2D eigenvalue weighted by Crippen LogP contribution is 2.36. The van der Waals surface area contributed by atoms with Crippen molar-refractivity contribution in [3.05, 3.63) is 59.7 Å². The van der Waals surface area contributed by atoms with Crippen LogP contribution < -0.4 is 5.73 Å². The molecule has 0 unspecified atom stereocenters. The summed E-state index contributed by atoms with van der Waals surface area (Å²) in [5.41, 5.74) is 8.38. The zero-order chi connectivity index (χ0) is 15.7. The van der Waals surface area contributed by atoms with E-state index in [4.69, 9.17) is 5.73 Å². The molecule has 2 aromatic rings. The second-order valence-electron chi connectivity index (χ2n) is 5.91. The Morgan fingerprint density at radius 3 is 1.74 bits per heavy atom. The lowest BCUT2D eigenvalue weighted by Gasteiger charge is -2.31. The average Bonchev–Trinajstić information content (AvgIpc) is 2.45. The lowest BCUT2D eigenvalue weighted by atomic mass is 9.77. The molecule has 23 heavy (non-hydrogen) atoms. The highest BCUT2D eigenvalue weighted by Gasteiger charge is 2.30. The predicted octanol–water partition coefficient (Wildman–Crippen LogP) is 5.59. The lowest BCUT2D eigenvalue weighted by Crippen LogP contribution is -2.26. The Balaban J connectivity index is 0.00000192. The highest BCUT2D eigenvalue weighted by molar-refractivity contribution is 5.85. The molecule has 1 fully saturated rings. The molecule has 0 spiro atoms. The molecule has 2 N–H and O–H groups in total. The first-order chi connectivity index (χ1) is 10.4. The van der Waals surface area contributed by atoms with Crippen LogP contribution in [0.15, 0.2) is 48.5 Å². The molecule has 2 aromatic carbocycles. The molecule has 124 valence electrons. The molecule has 0 bridgehead atoms. The van der Waals surface area contributed by atoms with E-state index in [0.29, 0.717) is 5.92 Å². The van der Waals surface area contributed by atoms with Crippen LogP contribution in [-0.2, 0) is 6.18 Å². The van der Waals surface area contributed by atoms with Crippen LogP contribution in [0, 0.1) is 5.92 Å². The van der Waals surface area contributed by atoms with Crippen molar-refractivity contribution in [2.24, 2.45) is 11.7 Å². The minimum absolute atomic E-state index is 0. The van der Waals surface area contributed by atoms with Gasteiger partial charge in [-0.15, -0.1) is 12.4 Å². The fourth-order valence-corrected chi connectivity index (χ4v) is 2.82. The monoisotopic (exact) mass is 341 g/mol. The summed E-state index contributed by atoms with van der Waals surface area (Å²) >= 11 is 0. The first kappa shape index (κ1) is 17.8. The summed E-state index contributed by atoms with van der Waals surface area (Å²) in [6.45, 7) is 0.